The Morgan fingerprint density at radius 2 is 1.77 bits per heavy atom. The Balaban J connectivity index is 1.57. The molecule has 170 valence electrons. The Morgan fingerprint density at radius 3 is 2.47 bits per heavy atom. The molecule has 0 spiro atoms. The van der Waals surface area contributed by atoms with Crippen molar-refractivity contribution in [1.82, 2.24) is 0 Å². The lowest BCUT2D eigenvalue weighted by atomic mass is 9.45. The molecule has 7 atom stereocenters. The second-order valence-electron chi connectivity index (χ2n) is 12.7. The number of fused-ring (bicyclic) bond motifs is 4. The summed E-state index contributed by atoms with van der Waals surface area (Å²) in [5.74, 6) is 2.66. The van der Waals surface area contributed by atoms with Crippen molar-refractivity contribution in [2.24, 2.45) is 39.9 Å². The molecule has 0 bridgehead atoms. The maximum Gasteiger partial charge on any atom is 0.0569 e. The minimum Gasteiger partial charge on any atom is -0.393 e. The lowest BCUT2D eigenvalue weighted by Crippen LogP contribution is -2.51. The molecule has 1 nitrogen and oxygen atoms in total. The topological polar surface area (TPSA) is 20.2 Å². The highest BCUT2D eigenvalue weighted by Gasteiger charge is 2.61. The Labute approximate surface area is 186 Å². The number of rotatable bonds is 5. The van der Waals surface area contributed by atoms with Crippen LogP contribution in [0.1, 0.15) is 112 Å². The van der Waals surface area contributed by atoms with E-state index in [1.54, 1.807) is 0 Å². The second-order valence-corrected chi connectivity index (χ2v) is 12.7. The number of hydrogen-bond acceptors (Lipinski definition) is 1. The van der Waals surface area contributed by atoms with Crippen LogP contribution in [-0.2, 0) is 0 Å². The maximum absolute atomic E-state index is 10.5. The quantitative estimate of drug-likeness (QED) is 0.452. The molecule has 1 N–H and O–H groups in total. The van der Waals surface area contributed by atoms with E-state index in [4.69, 9.17) is 0 Å². The van der Waals surface area contributed by atoms with Gasteiger partial charge in [0.25, 0.3) is 0 Å². The normalized spacial score (nSPS) is 45.9. The van der Waals surface area contributed by atoms with Gasteiger partial charge in [-0.25, -0.2) is 0 Å². The van der Waals surface area contributed by atoms with Crippen molar-refractivity contribution in [1.29, 1.82) is 0 Å². The Bertz CT molecular complexity index is 716. The van der Waals surface area contributed by atoms with Gasteiger partial charge in [0.05, 0.1) is 6.10 Å². The first-order chi connectivity index (χ1) is 14.0. The molecule has 4 aliphatic rings. The van der Waals surface area contributed by atoms with Gasteiger partial charge in [0, 0.05) is 0 Å². The van der Waals surface area contributed by atoms with Crippen LogP contribution in [0.2, 0.25) is 0 Å². The fraction of sp³-hybridized carbons (Fsp3) is 0.862. The molecule has 0 saturated heterocycles. The average Bonchev–Trinajstić information content (AvgIpc) is 2.96. The highest BCUT2D eigenvalue weighted by molar-refractivity contribution is 5.38. The predicted molar refractivity (Wildman–Crippen MR) is 128 cm³/mol. The van der Waals surface area contributed by atoms with Crippen LogP contribution < -0.4 is 0 Å². The molecule has 4 aliphatic carbocycles. The first kappa shape index (κ1) is 22.6. The first-order valence-corrected chi connectivity index (χ1v) is 13.1. The van der Waals surface area contributed by atoms with Crippen molar-refractivity contribution in [2.75, 3.05) is 0 Å². The van der Waals surface area contributed by atoms with Gasteiger partial charge < -0.3 is 5.11 Å². The molecule has 1 heteroatoms. The first-order valence-electron chi connectivity index (χ1n) is 13.1. The third kappa shape index (κ3) is 3.20. The zero-order chi connectivity index (χ0) is 21.9. The molecule has 0 heterocycles. The van der Waals surface area contributed by atoms with Crippen molar-refractivity contribution in [3.63, 3.8) is 0 Å². The standard InChI is InChI=1S/C29H48O/c1-19(2)20(3)9-8-10-22-13-17-29(7)25-12-11-23-21(4)26(30)15-16-27(23,5)24(25)14-18-28(22,29)6/h19,21-23,26,30H,3,8-18H2,1-2,4-7H3/t21?,22?,23?,26-,27-,28+,29-/m0/s1. The maximum atomic E-state index is 10.5. The number of aliphatic hydroxyl groups excluding tert-OH is 1. The minimum absolute atomic E-state index is 0.0777. The van der Waals surface area contributed by atoms with Gasteiger partial charge in [0.15, 0.2) is 0 Å². The van der Waals surface area contributed by atoms with Crippen LogP contribution in [0, 0.1) is 39.9 Å². The highest BCUT2D eigenvalue weighted by atomic mass is 16.3. The van der Waals surface area contributed by atoms with Crippen LogP contribution in [0.4, 0.5) is 0 Å². The van der Waals surface area contributed by atoms with Crippen molar-refractivity contribution >= 4 is 0 Å². The van der Waals surface area contributed by atoms with E-state index >= 15 is 0 Å². The predicted octanol–water partition coefficient (Wildman–Crippen LogP) is 8.09. The van der Waals surface area contributed by atoms with Gasteiger partial charge in [-0.1, -0.05) is 64.8 Å². The van der Waals surface area contributed by atoms with Crippen molar-refractivity contribution in [3.8, 4) is 0 Å². The van der Waals surface area contributed by atoms with E-state index < -0.39 is 0 Å². The summed E-state index contributed by atoms with van der Waals surface area (Å²) in [6.45, 7) is 19.1. The zero-order valence-corrected chi connectivity index (χ0v) is 20.8. The molecule has 30 heavy (non-hydrogen) atoms. The summed E-state index contributed by atoms with van der Waals surface area (Å²) in [5.41, 5.74) is 6.42. The number of aliphatic hydroxyl groups is 1. The van der Waals surface area contributed by atoms with E-state index in [0.717, 1.165) is 12.3 Å². The van der Waals surface area contributed by atoms with E-state index in [0.29, 0.717) is 34.0 Å². The molecule has 2 fully saturated rings. The Hall–Kier alpha value is -0.560. The smallest absolute Gasteiger partial charge is 0.0569 e. The summed E-state index contributed by atoms with van der Waals surface area (Å²) in [6, 6.07) is 0. The molecule has 2 saturated carbocycles. The zero-order valence-electron chi connectivity index (χ0n) is 20.8. The highest BCUT2D eigenvalue weighted by Crippen LogP contribution is 2.71. The van der Waals surface area contributed by atoms with Crippen molar-refractivity contribution in [3.05, 3.63) is 23.3 Å². The molecule has 0 aromatic rings. The number of allylic oxidation sites excluding steroid dienone is 3. The van der Waals surface area contributed by atoms with Gasteiger partial charge >= 0.3 is 0 Å². The molecule has 0 amide bonds. The SMILES string of the molecule is C=C(CCCC1CC[C@@]2(C)C3=C(CC[C@]12C)[C@@]1(C)CC[C@H](O)C(C)C1CC3)C(C)C. The van der Waals surface area contributed by atoms with Gasteiger partial charge in [-0.15, -0.1) is 0 Å². The molecule has 0 radical (unpaired) electrons. The van der Waals surface area contributed by atoms with Crippen molar-refractivity contribution in [2.45, 2.75) is 118 Å². The van der Waals surface area contributed by atoms with Crippen LogP contribution in [0.15, 0.2) is 23.3 Å². The molecular weight excluding hydrogens is 364 g/mol. The van der Waals surface area contributed by atoms with Gasteiger partial charge in [-0.3, -0.25) is 0 Å². The Kier molecular flexibility index (Phi) is 5.87. The molecule has 3 unspecified atom stereocenters. The van der Waals surface area contributed by atoms with Crippen LogP contribution >= 0.6 is 0 Å². The van der Waals surface area contributed by atoms with E-state index in [2.05, 4.69) is 48.1 Å². The summed E-state index contributed by atoms with van der Waals surface area (Å²) in [4.78, 5) is 0. The van der Waals surface area contributed by atoms with Gasteiger partial charge in [0.2, 0.25) is 0 Å². The van der Waals surface area contributed by atoms with Gasteiger partial charge in [-0.2, -0.15) is 0 Å². The second kappa shape index (κ2) is 7.79. The summed E-state index contributed by atoms with van der Waals surface area (Å²) < 4.78 is 0. The fourth-order valence-corrected chi connectivity index (χ4v) is 8.75. The summed E-state index contributed by atoms with van der Waals surface area (Å²) >= 11 is 0. The minimum atomic E-state index is -0.0777. The molecule has 0 aromatic heterocycles. The molecule has 0 aliphatic heterocycles. The molecule has 0 aromatic carbocycles. The Morgan fingerprint density at radius 1 is 1.03 bits per heavy atom. The molecule has 4 rings (SSSR count). The lowest BCUT2D eigenvalue weighted by molar-refractivity contribution is -0.0394. The van der Waals surface area contributed by atoms with E-state index in [-0.39, 0.29) is 6.10 Å². The summed E-state index contributed by atoms with van der Waals surface area (Å²) in [7, 11) is 0. The van der Waals surface area contributed by atoms with Gasteiger partial charge in [0.1, 0.15) is 0 Å². The lowest BCUT2D eigenvalue weighted by Gasteiger charge is -2.59. The van der Waals surface area contributed by atoms with Gasteiger partial charge in [-0.05, 0) is 111 Å². The van der Waals surface area contributed by atoms with Crippen LogP contribution in [-0.4, -0.2) is 11.2 Å². The van der Waals surface area contributed by atoms with Crippen LogP contribution in [0.25, 0.3) is 0 Å². The van der Waals surface area contributed by atoms with Crippen LogP contribution in [0.5, 0.6) is 0 Å². The van der Waals surface area contributed by atoms with Crippen LogP contribution in [0.3, 0.4) is 0 Å². The largest absolute Gasteiger partial charge is 0.393 e. The number of hydrogen-bond donors (Lipinski definition) is 1. The third-order valence-electron chi connectivity index (χ3n) is 11.4. The molecular formula is C29H48O. The van der Waals surface area contributed by atoms with Crippen molar-refractivity contribution < 1.29 is 5.11 Å². The summed E-state index contributed by atoms with van der Waals surface area (Å²) in [6.07, 6.45) is 14.2. The monoisotopic (exact) mass is 412 g/mol. The average molecular weight is 413 g/mol. The van der Waals surface area contributed by atoms with E-state index in [1.165, 1.54) is 69.8 Å². The summed E-state index contributed by atoms with van der Waals surface area (Å²) in [5, 5.41) is 10.5. The fourth-order valence-electron chi connectivity index (χ4n) is 8.75. The van der Waals surface area contributed by atoms with E-state index in [1.807, 2.05) is 11.1 Å². The van der Waals surface area contributed by atoms with E-state index in [9.17, 15) is 5.11 Å². The third-order valence-corrected chi connectivity index (χ3v) is 11.4.